The van der Waals surface area contributed by atoms with Gasteiger partial charge in [-0.05, 0) is 48.9 Å². The lowest BCUT2D eigenvalue weighted by Crippen LogP contribution is -2.14. The summed E-state index contributed by atoms with van der Waals surface area (Å²) in [5.41, 5.74) is 2.64. The standard InChI is InChI=1S/C22H19BrN4O2S/c1-3-9-27-21(19-12-15-11-16(23)7-8-18(15)29-19)25-26-22(27)30-13-20(28)24-17-6-4-5-14(2)10-17/h3-8,10-12H,1,9,13H2,2H3,(H,24,28). The maximum absolute atomic E-state index is 12.4. The van der Waals surface area contributed by atoms with Crippen molar-refractivity contribution in [1.29, 1.82) is 0 Å². The van der Waals surface area contributed by atoms with Crippen molar-refractivity contribution in [3.05, 3.63) is 71.2 Å². The monoisotopic (exact) mass is 482 g/mol. The third-order valence-corrected chi connectivity index (χ3v) is 5.82. The Morgan fingerprint density at radius 1 is 1.27 bits per heavy atom. The van der Waals surface area contributed by atoms with Crippen molar-refractivity contribution in [3.63, 3.8) is 0 Å². The van der Waals surface area contributed by atoms with Gasteiger partial charge in [0, 0.05) is 22.1 Å². The molecule has 30 heavy (non-hydrogen) atoms. The molecule has 152 valence electrons. The van der Waals surface area contributed by atoms with E-state index in [1.165, 1.54) is 11.8 Å². The van der Waals surface area contributed by atoms with Crippen molar-refractivity contribution in [2.45, 2.75) is 18.6 Å². The number of nitrogens with zero attached hydrogens (tertiary/aromatic N) is 3. The van der Waals surface area contributed by atoms with E-state index in [9.17, 15) is 4.79 Å². The van der Waals surface area contributed by atoms with Gasteiger partial charge in [0.1, 0.15) is 5.58 Å². The number of carbonyl (C=O) groups excluding carboxylic acids is 1. The molecular formula is C22H19BrN4O2S. The molecule has 2 heterocycles. The van der Waals surface area contributed by atoms with Crippen LogP contribution in [-0.4, -0.2) is 26.4 Å². The minimum absolute atomic E-state index is 0.103. The Bertz CT molecular complexity index is 1230. The molecule has 0 saturated carbocycles. The number of carbonyl (C=O) groups is 1. The number of amides is 1. The Morgan fingerprint density at radius 2 is 2.13 bits per heavy atom. The first kappa shape index (κ1) is 20.4. The predicted octanol–water partition coefficient (Wildman–Crippen LogP) is 5.68. The number of rotatable bonds is 7. The Kier molecular flexibility index (Phi) is 6.06. The van der Waals surface area contributed by atoms with Crippen molar-refractivity contribution in [1.82, 2.24) is 14.8 Å². The number of allylic oxidation sites excluding steroid dienone is 1. The lowest BCUT2D eigenvalue weighted by atomic mass is 10.2. The Labute approximate surface area is 186 Å². The molecule has 0 radical (unpaired) electrons. The smallest absolute Gasteiger partial charge is 0.234 e. The average Bonchev–Trinajstić information content (AvgIpc) is 3.30. The predicted molar refractivity (Wildman–Crippen MR) is 124 cm³/mol. The van der Waals surface area contributed by atoms with Crippen LogP contribution in [0, 0.1) is 6.92 Å². The first-order chi connectivity index (χ1) is 14.5. The highest BCUT2D eigenvalue weighted by Gasteiger charge is 2.18. The van der Waals surface area contributed by atoms with E-state index in [4.69, 9.17) is 4.42 Å². The zero-order chi connectivity index (χ0) is 21.1. The zero-order valence-corrected chi connectivity index (χ0v) is 18.7. The molecule has 0 spiro atoms. The van der Waals surface area contributed by atoms with Crippen LogP contribution in [0.3, 0.4) is 0 Å². The quantitative estimate of drug-likeness (QED) is 0.271. The minimum Gasteiger partial charge on any atom is -0.453 e. The molecule has 0 fully saturated rings. The van der Waals surface area contributed by atoms with Crippen molar-refractivity contribution in [3.8, 4) is 11.6 Å². The fraction of sp³-hybridized carbons (Fsp3) is 0.136. The van der Waals surface area contributed by atoms with E-state index >= 15 is 0 Å². The average molecular weight is 483 g/mol. The summed E-state index contributed by atoms with van der Waals surface area (Å²) < 4.78 is 8.83. The fourth-order valence-corrected chi connectivity index (χ4v) is 4.17. The summed E-state index contributed by atoms with van der Waals surface area (Å²) in [4.78, 5) is 12.4. The van der Waals surface area contributed by atoms with Crippen LogP contribution in [0.25, 0.3) is 22.6 Å². The lowest BCUT2D eigenvalue weighted by Gasteiger charge is -2.07. The number of hydrogen-bond donors (Lipinski definition) is 1. The molecule has 8 heteroatoms. The zero-order valence-electron chi connectivity index (χ0n) is 16.3. The maximum atomic E-state index is 12.4. The second kappa shape index (κ2) is 8.89. The van der Waals surface area contributed by atoms with E-state index < -0.39 is 0 Å². The highest BCUT2D eigenvalue weighted by atomic mass is 79.9. The van der Waals surface area contributed by atoms with Crippen LogP contribution >= 0.6 is 27.7 Å². The lowest BCUT2D eigenvalue weighted by molar-refractivity contribution is -0.113. The van der Waals surface area contributed by atoms with Crippen molar-refractivity contribution in [2.75, 3.05) is 11.1 Å². The second-order valence-corrected chi connectivity index (χ2v) is 8.56. The summed E-state index contributed by atoms with van der Waals surface area (Å²) in [7, 11) is 0. The molecule has 4 aromatic rings. The normalized spacial score (nSPS) is 11.0. The molecule has 0 aliphatic heterocycles. The van der Waals surface area contributed by atoms with E-state index in [2.05, 4.69) is 38.0 Å². The molecule has 0 saturated heterocycles. The summed E-state index contributed by atoms with van der Waals surface area (Å²) >= 11 is 4.80. The second-order valence-electron chi connectivity index (χ2n) is 6.70. The highest BCUT2D eigenvalue weighted by Crippen LogP contribution is 2.31. The van der Waals surface area contributed by atoms with Crippen molar-refractivity contribution in [2.24, 2.45) is 0 Å². The van der Waals surface area contributed by atoms with Gasteiger partial charge in [0.25, 0.3) is 0 Å². The number of hydrogen-bond acceptors (Lipinski definition) is 5. The first-order valence-electron chi connectivity index (χ1n) is 9.26. The van der Waals surface area contributed by atoms with Gasteiger partial charge in [-0.2, -0.15) is 0 Å². The van der Waals surface area contributed by atoms with Crippen LogP contribution in [0.5, 0.6) is 0 Å². The third-order valence-electron chi connectivity index (χ3n) is 4.36. The van der Waals surface area contributed by atoms with Crippen molar-refractivity contribution >= 4 is 50.3 Å². The Balaban J connectivity index is 1.53. The minimum atomic E-state index is -0.103. The van der Waals surface area contributed by atoms with Gasteiger partial charge < -0.3 is 9.73 Å². The number of anilines is 1. The molecule has 0 aliphatic rings. The van der Waals surface area contributed by atoms with Gasteiger partial charge in [-0.15, -0.1) is 16.8 Å². The van der Waals surface area contributed by atoms with Gasteiger partial charge in [-0.1, -0.05) is 45.9 Å². The molecular weight excluding hydrogens is 464 g/mol. The molecule has 1 N–H and O–H groups in total. The molecule has 0 aliphatic carbocycles. The van der Waals surface area contributed by atoms with Gasteiger partial charge in [0.05, 0.1) is 5.75 Å². The topological polar surface area (TPSA) is 73.0 Å². The first-order valence-corrected chi connectivity index (χ1v) is 11.0. The van der Waals surface area contributed by atoms with Crippen LogP contribution in [-0.2, 0) is 11.3 Å². The third kappa shape index (κ3) is 4.49. The van der Waals surface area contributed by atoms with Crippen LogP contribution in [0.2, 0.25) is 0 Å². The van der Waals surface area contributed by atoms with Gasteiger partial charge in [0.15, 0.2) is 10.9 Å². The largest absolute Gasteiger partial charge is 0.453 e. The maximum Gasteiger partial charge on any atom is 0.234 e. The van der Waals surface area contributed by atoms with E-state index in [1.54, 1.807) is 6.08 Å². The molecule has 0 unspecified atom stereocenters. The molecule has 0 bridgehead atoms. The van der Waals surface area contributed by atoms with E-state index in [0.29, 0.717) is 23.3 Å². The number of furan rings is 1. The highest BCUT2D eigenvalue weighted by molar-refractivity contribution is 9.10. The number of fused-ring (bicyclic) bond motifs is 1. The number of nitrogens with one attached hydrogen (secondary N) is 1. The molecule has 2 aromatic heterocycles. The van der Waals surface area contributed by atoms with Gasteiger partial charge in [0.2, 0.25) is 11.7 Å². The number of benzene rings is 2. The number of aromatic nitrogens is 3. The van der Waals surface area contributed by atoms with E-state index in [0.717, 1.165) is 26.7 Å². The summed E-state index contributed by atoms with van der Waals surface area (Å²) in [6.45, 7) is 6.31. The van der Waals surface area contributed by atoms with Crippen LogP contribution < -0.4 is 5.32 Å². The summed E-state index contributed by atoms with van der Waals surface area (Å²) in [6, 6.07) is 15.5. The Morgan fingerprint density at radius 3 is 2.93 bits per heavy atom. The van der Waals surface area contributed by atoms with Gasteiger partial charge >= 0.3 is 0 Å². The van der Waals surface area contributed by atoms with Gasteiger partial charge in [-0.3, -0.25) is 9.36 Å². The van der Waals surface area contributed by atoms with Crippen LogP contribution in [0.4, 0.5) is 5.69 Å². The summed E-state index contributed by atoms with van der Waals surface area (Å²) in [5, 5.41) is 13.1. The molecule has 1 amide bonds. The van der Waals surface area contributed by atoms with E-state index in [-0.39, 0.29) is 11.7 Å². The van der Waals surface area contributed by atoms with Crippen molar-refractivity contribution < 1.29 is 9.21 Å². The number of aryl methyl sites for hydroxylation is 1. The molecule has 0 atom stereocenters. The molecule has 4 rings (SSSR count). The molecule has 2 aromatic carbocycles. The summed E-state index contributed by atoms with van der Waals surface area (Å²) in [5.74, 6) is 1.34. The van der Waals surface area contributed by atoms with Gasteiger partial charge in [-0.25, -0.2) is 0 Å². The van der Waals surface area contributed by atoms with Crippen LogP contribution in [0.15, 0.2) is 75.2 Å². The van der Waals surface area contributed by atoms with E-state index in [1.807, 2.05) is 60.0 Å². The van der Waals surface area contributed by atoms with Crippen LogP contribution in [0.1, 0.15) is 5.56 Å². The fourth-order valence-electron chi connectivity index (χ4n) is 3.05. The summed E-state index contributed by atoms with van der Waals surface area (Å²) in [6.07, 6.45) is 1.77. The number of thioether (sulfide) groups is 1. The SMILES string of the molecule is C=CCn1c(SCC(=O)Nc2cccc(C)c2)nnc1-c1cc2cc(Br)ccc2o1. The molecule has 6 nitrogen and oxygen atoms in total. The number of halogens is 1. The Hall–Kier alpha value is -2.84.